The fraction of sp³-hybridized carbons (Fsp3) is 0.500. The van der Waals surface area contributed by atoms with Crippen molar-refractivity contribution < 1.29 is 9.53 Å². The minimum absolute atomic E-state index is 0.0687. The Morgan fingerprint density at radius 2 is 2.24 bits per heavy atom. The van der Waals surface area contributed by atoms with Crippen molar-refractivity contribution in [3.63, 3.8) is 0 Å². The van der Waals surface area contributed by atoms with Gasteiger partial charge in [0.2, 0.25) is 5.91 Å². The molecule has 1 heterocycles. The molecule has 0 aromatic heterocycles. The average Bonchev–Trinajstić information content (AvgIpc) is 2.83. The van der Waals surface area contributed by atoms with E-state index in [1.165, 1.54) is 0 Å². The van der Waals surface area contributed by atoms with E-state index in [1.807, 2.05) is 37.3 Å². The molecule has 1 amide bonds. The summed E-state index contributed by atoms with van der Waals surface area (Å²) >= 11 is 0. The molecule has 92 valence electrons. The van der Waals surface area contributed by atoms with Gasteiger partial charge in [0.1, 0.15) is 0 Å². The molecule has 0 saturated carbocycles. The first-order chi connectivity index (χ1) is 8.25. The van der Waals surface area contributed by atoms with Gasteiger partial charge in [0.25, 0.3) is 0 Å². The van der Waals surface area contributed by atoms with Crippen molar-refractivity contribution in [3.05, 3.63) is 35.9 Å². The van der Waals surface area contributed by atoms with E-state index >= 15 is 0 Å². The molecule has 1 aliphatic rings. The second-order valence-corrected chi connectivity index (χ2v) is 4.57. The fourth-order valence-corrected chi connectivity index (χ4v) is 2.18. The molecule has 1 saturated heterocycles. The number of nitrogens with one attached hydrogen (secondary N) is 1. The number of rotatable bonds is 4. The lowest BCUT2D eigenvalue weighted by Gasteiger charge is -2.19. The predicted octanol–water partition coefficient (Wildman–Crippen LogP) is 1.91. The Kier molecular flexibility index (Phi) is 4.15. The summed E-state index contributed by atoms with van der Waals surface area (Å²) in [6.45, 7) is 2.84. The van der Waals surface area contributed by atoms with E-state index in [2.05, 4.69) is 5.32 Å². The Bertz CT molecular complexity index is 358. The van der Waals surface area contributed by atoms with Gasteiger partial charge < -0.3 is 10.1 Å². The standard InChI is InChI=1S/C14H19NO2/c1-11(13-8-5-9-17-13)15-14(16)10-12-6-3-2-4-7-12/h2-4,6-7,11,13H,5,8-10H2,1H3,(H,15,16)/t11-,13-/m0/s1. The average molecular weight is 233 g/mol. The molecule has 0 bridgehead atoms. The van der Waals surface area contributed by atoms with Gasteiger partial charge in [-0.1, -0.05) is 30.3 Å². The summed E-state index contributed by atoms with van der Waals surface area (Å²) in [6, 6.07) is 9.90. The summed E-state index contributed by atoms with van der Waals surface area (Å²) in [5.41, 5.74) is 1.05. The third-order valence-corrected chi connectivity index (χ3v) is 3.12. The summed E-state index contributed by atoms with van der Waals surface area (Å²) in [5.74, 6) is 0.0687. The van der Waals surface area contributed by atoms with Gasteiger partial charge in [0, 0.05) is 6.61 Å². The van der Waals surface area contributed by atoms with Crippen LogP contribution in [0.2, 0.25) is 0 Å². The van der Waals surface area contributed by atoms with E-state index in [1.54, 1.807) is 0 Å². The zero-order chi connectivity index (χ0) is 12.1. The monoisotopic (exact) mass is 233 g/mol. The number of benzene rings is 1. The molecule has 1 aromatic carbocycles. The van der Waals surface area contributed by atoms with Crippen molar-refractivity contribution in [2.24, 2.45) is 0 Å². The van der Waals surface area contributed by atoms with Crippen LogP contribution in [0.25, 0.3) is 0 Å². The highest BCUT2D eigenvalue weighted by Crippen LogP contribution is 2.15. The van der Waals surface area contributed by atoms with Crippen LogP contribution in [0.1, 0.15) is 25.3 Å². The Labute approximate surface area is 102 Å². The van der Waals surface area contributed by atoms with Gasteiger partial charge in [-0.05, 0) is 25.3 Å². The summed E-state index contributed by atoms with van der Waals surface area (Å²) < 4.78 is 5.55. The third kappa shape index (κ3) is 3.56. The Morgan fingerprint density at radius 1 is 1.47 bits per heavy atom. The first kappa shape index (κ1) is 12.1. The minimum atomic E-state index is 0.0687. The van der Waals surface area contributed by atoms with E-state index in [-0.39, 0.29) is 18.1 Å². The molecule has 1 N–H and O–H groups in total. The van der Waals surface area contributed by atoms with E-state index < -0.39 is 0 Å². The van der Waals surface area contributed by atoms with Crippen molar-refractivity contribution >= 4 is 5.91 Å². The number of carbonyl (C=O) groups excluding carboxylic acids is 1. The summed E-state index contributed by atoms with van der Waals surface area (Å²) in [6.07, 6.45) is 2.78. The van der Waals surface area contributed by atoms with Crippen LogP contribution in [0.4, 0.5) is 0 Å². The maximum absolute atomic E-state index is 11.8. The maximum atomic E-state index is 11.8. The summed E-state index contributed by atoms with van der Waals surface area (Å²) in [7, 11) is 0. The van der Waals surface area contributed by atoms with Crippen molar-refractivity contribution in [3.8, 4) is 0 Å². The molecular formula is C14H19NO2. The first-order valence-electron chi connectivity index (χ1n) is 6.20. The molecule has 3 heteroatoms. The van der Waals surface area contributed by atoms with Gasteiger partial charge in [0.15, 0.2) is 0 Å². The number of hydrogen-bond acceptors (Lipinski definition) is 2. The van der Waals surface area contributed by atoms with Crippen molar-refractivity contribution in [1.82, 2.24) is 5.32 Å². The van der Waals surface area contributed by atoms with Crippen LogP contribution >= 0.6 is 0 Å². The Morgan fingerprint density at radius 3 is 2.88 bits per heavy atom. The first-order valence-corrected chi connectivity index (χ1v) is 6.20. The Balaban J connectivity index is 1.80. The van der Waals surface area contributed by atoms with E-state index in [9.17, 15) is 4.79 Å². The highest BCUT2D eigenvalue weighted by atomic mass is 16.5. The second kappa shape index (κ2) is 5.82. The number of carbonyl (C=O) groups is 1. The predicted molar refractivity (Wildman–Crippen MR) is 66.7 cm³/mol. The van der Waals surface area contributed by atoms with Gasteiger partial charge in [-0.3, -0.25) is 4.79 Å². The molecule has 1 aromatic rings. The zero-order valence-electron chi connectivity index (χ0n) is 10.2. The molecule has 0 unspecified atom stereocenters. The topological polar surface area (TPSA) is 38.3 Å². The molecule has 1 aliphatic heterocycles. The van der Waals surface area contributed by atoms with Crippen LogP contribution in [0, 0.1) is 0 Å². The molecule has 0 aliphatic carbocycles. The zero-order valence-corrected chi connectivity index (χ0v) is 10.2. The van der Waals surface area contributed by atoms with Gasteiger partial charge in [-0.2, -0.15) is 0 Å². The van der Waals surface area contributed by atoms with Gasteiger partial charge in [0.05, 0.1) is 18.6 Å². The summed E-state index contributed by atoms with van der Waals surface area (Å²) in [4.78, 5) is 11.8. The van der Waals surface area contributed by atoms with E-state index in [0.29, 0.717) is 6.42 Å². The fourth-order valence-electron chi connectivity index (χ4n) is 2.18. The van der Waals surface area contributed by atoms with Crippen LogP contribution in [-0.4, -0.2) is 24.7 Å². The van der Waals surface area contributed by atoms with Gasteiger partial charge in [-0.25, -0.2) is 0 Å². The summed E-state index contributed by atoms with van der Waals surface area (Å²) in [5, 5.41) is 3.01. The lowest BCUT2D eigenvalue weighted by molar-refractivity contribution is -0.121. The minimum Gasteiger partial charge on any atom is -0.376 e. The molecule has 3 nitrogen and oxygen atoms in total. The van der Waals surface area contributed by atoms with Crippen LogP contribution < -0.4 is 5.32 Å². The normalized spacial score (nSPS) is 21.1. The Hall–Kier alpha value is -1.35. The lowest BCUT2D eigenvalue weighted by atomic mass is 10.1. The molecule has 2 atom stereocenters. The van der Waals surface area contributed by atoms with Crippen LogP contribution in [-0.2, 0) is 16.0 Å². The molecular weight excluding hydrogens is 214 g/mol. The third-order valence-electron chi connectivity index (χ3n) is 3.12. The number of hydrogen-bond donors (Lipinski definition) is 1. The van der Waals surface area contributed by atoms with Crippen molar-refractivity contribution in [2.45, 2.75) is 38.3 Å². The van der Waals surface area contributed by atoms with E-state index in [0.717, 1.165) is 25.0 Å². The quantitative estimate of drug-likeness (QED) is 0.862. The smallest absolute Gasteiger partial charge is 0.224 e. The largest absolute Gasteiger partial charge is 0.376 e. The van der Waals surface area contributed by atoms with Crippen molar-refractivity contribution in [1.29, 1.82) is 0 Å². The van der Waals surface area contributed by atoms with Gasteiger partial charge >= 0.3 is 0 Å². The maximum Gasteiger partial charge on any atom is 0.224 e. The molecule has 2 rings (SSSR count). The van der Waals surface area contributed by atoms with Crippen LogP contribution in [0.3, 0.4) is 0 Å². The van der Waals surface area contributed by atoms with Crippen molar-refractivity contribution in [2.75, 3.05) is 6.61 Å². The molecule has 17 heavy (non-hydrogen) atoms. The molecule has 1 fully saturated rings. The highest BCUT2D eigenvalue weighted by molar-refractivity contribution is 5.78. The molecule has 0 spiro atoms. The number of amides is 1. The molecule has 0 radical (unpaired) electrons. The van der Waals surface area contributed by atoms with Gasteiger partial charge in [-0.15, -0.1) is 0 Å². The SMILES string of the molecule is C[C@H](NC(=O)Cc1ccccc1)[C@@H]1CCCO1. The lowest BCUT2D eigenvalue weighted by Crippen LogP contribution is -2.41. The second-order valence-electron chi connectivity index (χ2n) is 4.57. The van der Waals surface area contributed by atoms with Crippen LogP contribution in [0.5, 0.6) is 0 Å². The highest BCUT2D eigenvalue weighted by Gasteiger charge is 2.23. The van der Waals surface area contributed by atoms with Crippen LogP contribution in [0.15, 0.2) is 30.3 Å². The number of ether oxygens (including phenoxy) is 1. The van der Waals surface area contributed by atoms with E-state index in [4.69, 9.17) is 4.74 Å².